The molecule has 0 bridgehead atoms. The van der Waals surface area contributed by atoms with Crippen molar-refractivity contribution in [1.82, 2.24) is 10.3 Å². The number of quaternary nitrogens is 1. The van der Waals surface area contributed by atoms with E-state index in [9.17, 15) is 19.2 Å². The second-order valence-electron chi connectivity index (χ2n) is 11.6. The van der Waals surface area contributed by atoms with Gasteiger partial charge in [0.15, 0.2) is 5.78 Å². The Bertz CT molecular complexity index is 1300. The van der Waals surface area contributed by atoms with Crippen molar-refractivity contribution in [2.45, 2.75) is 57.8 Å². The lowest BCUT2D eigenvalue weighted by molar-refractivity contribution is -0.930. The fourth-order valence-electron chi connectivity index (χ4n) is 5.25. The molecule has 2 unspecified atom stereocenters. The molecule has 10 nitrogen and oxygen atoms in total. The van der Waals surface area contributed by atoms with Crippen LogP contribution in [-0.2, 0) is 20.9 Å². The minimum atomic E-state index is -1.90. The van der Waals surface area contributed by atoms with Gasteiger partial charge >= 0.3 is 18.4 Å². The van der Waals surface area contributed by atoms with Crippen molar-refractivity contribution >= 4 is 47.2 Å². The summed E-state index contributed by atoms with van der Waals surface area (Å²) in [6, 6.07) is 12.2. The van der Waals surface area contributed by atoms with Crippen LogP contribution < -0.4 is 15.6 Å². The van der Waals surface area contributed by atoms with E-state index in [1.54, 1.807) is 43.9 Å². The predicted octanol–water partition coefficient (Wildman–Crippen LogP) is 4.34. The van der Waals surface area contributed by atoms with Gasteiger partial charge in [0.2, 0.25) is 0 Å². The average Bonchev–Trinajstić information content (AvgIpc) is 3.41. The van der Waals surface area contributed by atoms with Crippen LogP contribution >= 0.6 is 11.6 Å². The monoisotopic (exact) mass is 570 g/mol. The lowest BCUT2D eigenvalue weighted by Gasteiger charge is -2.49. The first-order valence-electron chi connectivity index (χ1n) is 13.3. The van der Waals surface area contributed by atoms with E-state index in [4.69, 9.17) is 16.3 Å². The molecular formula is C29H37ClN5O5+. The molecule has 40 heavy (non-hydrogen) atoms. The van der Waals surface area contributed by atoms with E-state index >= 15 is 0 Å². The Morgan fingerprint density at radius 2 is 1.80 bits per heavy atom. The number of nitrogens with zero attached hydrogens (tertiary/aromatic N) is 3. The Morgan fingerprint density at radius 1 is 1.15 bits per heavy atom. The zero-order chi connectivity index (χ0) is 29.3. The summed E-state index contributed by atoms with van der Waals surface area (Å²) in [4.78, 5) is 58.4. The van der Waals surface area contributed by atoms with Crippen molar-refractivity contribution in [3.05, 3.63) is 58.6 Å². The van der Waals surface area contributed by atoms with Crippen LogP contribution in [-0.4, -0.2) is 72.1 Å². The van der Waals surface area contributed by atoms with Crippen LogP contribution in [0, 0.1) is 0 Å². The van der Waals surface area contributed by atoms with E-state index in [1.807, 2.05) is 43.3 Å². The molecule has 2 aromatic rings. The van der Waals surface area contributed by atoms with Gasteiger partial charge in [-0.15, -0.1) is 4.59 Å². The number of ketones is 1. The number of fused-ring (bicyclic) bond motifs is 1. The van der Waals surface area contributed by atoms with E-state index in [1.165, 1.54) is 0 Å². The van der Waals surface area contributed by atoms with Gasteiger partial charge in [-0.3, -0.25) is 9.59 Å². The summed E-state index contributed by atoms with van der Waals surface area (Å²) in [5.74, 6) is -0.812. The summed E-state index contributed by atoms with van der Waals surface area (Å²) in [7, 11) is 3.82. The van der Waals surface area contributed by atoms with Crippen LogP contribution in [0.4, 0.5) is 16.2 Å². The van der Waals surface area contributed by atoms with E-state index < -0.39 is 27.9 Å². The number of amides is 3. The van der Waals surface area contributed by atoms with Crippen molar-refractivity contribution in [2.24, 2.45) is 0 Å². The molecule has 0 spiro atoms. The molecule has 2 aliphatic heterocycles. The number of anilines is 2. The molecule has 2 heterocycles. The van der Waals surface area contributed by atoms with Crippen LogP contribution in [0.5, 0.6) is 0 Å². The molecule has 214 valence electrons. The summed E-state index contributed by atoms with van der Waals surface area (Å²) >= 11 is 6.28. The molecule has 1 saturated heterocycles. The van der Waals surface area contributed by atoms with Crippen LogP contribution in [0.2, 0.25) is 5.02 Å². The molecule has 2 aliphatic rings. The SMILES string of the molecule is CN(C)c1ccc(C[N+](C=O)(NC(=O)OC(C)(C)C)C2(C(=O)N3CCCC3)CC(=O)c3ccc(Cl)cc3N2)cc1. The number of nitrogens with one attached hydrogen (secondary N) is 2. The third kappa shape index (κ3) is 5.78. The van der Waals surface area contributed by atoms with Gasteiger partial charge in [-0.1, -0.05) is 23.7 Å². The molecule has 0 radical (unpaired) electrons. The molecule has 2 N–H and O–H groups in total. The van der Waals surface area contributed by atoms with Gasteiger partial charge in [0.25, 0.3) is 5.66 Å². The smallest absolute Gasteiger partial charge is 0.441 e. The average molecular weight is 571 g/mol. The van der Waals surface area contributed by atoms with Gasteiger partial charge in [-0.25, -0.2) is 9.59 Å². The Hall–Kier alpha value is -3.63. The van der Waals surface area contributed by atoms with Gasteiger partial charge in [-0.2, -0.15) is 5.43 Å². The molecule has 2 aromatic carbocycles. The van der Waals surface area contributed by atoms with Crippen molar-refractivity contribution < 1.29 is 28.5 Å². The quantitative estimate of drug-likeness (QED) is 0.290. The molecule has 2 atom stereocenters. The van der Waals surface area contributed by atoms with E-state index in [0.29, 0.717) is 41.3 Å². The number of carbonyl (C=O) groups excluding carboxylic acids is 4. The molecule has 1 fully saturated rings. The minimum absolute atomic E-state index is 0.133. The van der Waals surface area contributed by atoms with Crippen LogP contribution in [0.1, 0.15) is 56.0 Å². The second-order valence-corrected chi connectivity index (χ2v) is 12.0. The predicted molar refractivity (Wildman–Crippen MR) is 153 cm³/mol. The number of hydrogen-bond donors (Lipinski definition) is 2. The van der Waals surface area contributed by atoms with Gasteiger partial charge in [0, 0.05) is 49.0 Å². The minimum Gasteiger partial charge on any atom is -0.441 e. The summed E-state index contributed by atoms with van der Waals surface area (Å²) < 4.78 is 4.60. The van der Waals surface area contributed by atoms with Gasteiger partial charge < -0.3 is 19.9 Å². The number of halogens is 1. The highest BCUT2D eigenvalue weighted by molar-refractivity contribution is 6.31. The van der Waals surface area contributed by atoms with Crippen LogP contribution in [0.15, 0.2) is 42.5 Å². The van der Waals surface area contributed by atoms with Gasteiger partial charge in [0.05, 0.1) is 12.1 Å². The van der Waals surface area contributed by atoms with Gasteiger partial charge in [0.1, 0.15) is 12.1 Å². The molecule has 3 amide bonds. The number of benzene rings is 2. The standard InChI is InChI=1S/C29H36ClN5O5/c1-28(2,3)40-27(39)32-35(19-36,18-20-8-11-22(12-9-20)33(4)5)29(26(38)34-14-6-7-15-34)17-25(37)23-13-10-21(30)16-24(23)31-29/h8-13,16,19H,6-7,14-15,17-18H2,1-5H3,(H-,31,32,37,39)/p+1. The third-order valence-electron chi connectivity index (χ3n) is 7.22. The summed E-state index contributed by atoms with van der Waals surface area (Å²) in [5, 5.41) is 3.59. The highest BCUT2D eigenvalue weighted by atomic mass is 35.5. The maximum atomic E-state index is 14.5. The molecule has 0 saturated carbocycles. The lowest BCUT2D eigenvalue weighted by Crippen LogP contribution is -2.79. The Morgan fingerprint density at radius 3 is 2.38 bits per heavy atom. The Labute approximate surface area is 239 Å². The lowest BCUT2D eigenvalue weighted by atomic mass is 9.88. The first-order valence-corrected chi connectivity index (χ1v) is 13.7. The van der Waals surface area contributed by atoms with E-state index in [-0.39, 0.29) is 18.7 Å². The highest BCUT2D eigenvalue weighted by Crippen LogP contribution is 2.40. The second kappa shape index (κ2) is 11.1. The fraction of sp³-hybridized carbons (Fsp3) is 0.448. The molecule has 0 aromatic heterocycles. The topological polar surface area (TPSA) is 108 Å². The Balaban J connectivity index is 1.91. The first kappa shape index (κ1) is 29.4. The largest absolute Gasteiger partial charge is 0.452 e. The summed E-state index contributed by atoms with van der Waals surface area (Å²) in [6.45, 7) is 5.92. The fourth-order valence-corrected chi connectivity index (χ4v) is 5.43. The van der Waals surface area contributed by atoms with E-state index in [2.05, 4.69) is 10.7 Å². The number of likely N-dealkylation sites (tertiary alicyclic amines) is 1. The zero-order valence-corrected chi connectivity index (χ0v) is 24.4. The summed E-state index contributed by atoms with van der Waals surface area (Å²) in [6.07, 6.45) is 0.828. The third-order valence-corrected chi connectivity index (χ3v) is 7.46. The first-order chi connectivity index (χ1) is 18.8. The van der Waals surface area contributed by atoms with Crippen molar-refractivity contribution in [3.8, 4) is 0 Å². The Kier molecular flexibility index (Phi) is 8.14. The number of hydrogen-bond acceptors (Lipinski definition) is 7. The number of carbonyl (C=O) groups is 4. The zero-order valence-electron chi connectivity index (χ0n) is 23.6. The number of rotatable bonds is 7. The molecule has 4 rings (SSSR count). The number of ether oxygens (including phenoxy) is 1. The highest BCUT2D eigenvalue weighted by Gasteiger charge is 2.64. The normalized spacial score (nSPS) is 20.1. The van der Waals surface area contributed by atoms with Crippen LogP contribution in [0.3, 0.4) is 0 Å². The van der Waals surface area contributed by atoms with Crippen molar-refractivity contribution in [1.29, 1.82) is 0 Å². The van der Waals surface area contributed by atoms with E-state index in [0.717, 1.165) is 18.5 Å². The number of Topliss-reactive ketones (excluding diaryl/α,β-unsaturated/α-hetero) is 1. The van der Waals surface area contributed by atoms with Crippen molar-refractivity contribution in [2.75, 3.05) is 37.4 Å². The molecule has 0 aliphatic carbocycles. The summed E-state index contributed by atoms with van der Waals surface area (Å²) in [5.41, 5.74) is 2.19. The maximum Gasteiger partial charge on any atom is 0.452 e. The molecule has 11 heteroatoms. The van der Waals surface area contributed by atoms with Gasteiger partial charge in [-0.05, 0) is 63.9 Å². The van der Waals surface area contributed by atoms with Crippen LogP contribution in [0.25, 0.3) is 0 Å². The van der Waals surface area contributed by atoms with Crippen molar-refractivity contribution in [3.63, 3.8) is 0 Å². The molecular weight excluding hydrogens is 534 g/mol. The maximum absolute atomic E-state index is 14.5.